The molecule has 2 fully saturated rings. The molecule has 6 rings (SSSR count). The number of hydrogen-bond acceptors (Lipinski definition) is 6. The number of fused-ring (bicyclic) bond motifs is 1. The van der Waals surface area contributed by atoms with E-state index in [0.717, 1.165) is 54.0 Å². The van der Waals surface area contributed by atoms with Crippen molar-refractivity contribution in [2.45, 2.75) is 19.3 Å². The maximum absolute atomic E-state index is 12.5. The smallest absolute Gasteiger partial charge is 0.263 e. The Morgan fingerprint density at radius 1 is 0.909 bits per heavy atom. The second-order valence-electron chi connectivity index (χ2n) is 8.79. The summed E-state index contributed by atoms with van der Waals surface area (Å²) in [6.45, 7) is 2.88. The Labute approximate surface area is 192 Å². The van der Waals surface area contributed by atoms with E-state index in [1.165, 1.54) is 0 Å². The van der Waals surface area contributed by atoms with E-state index in [4.69, 9.17) is 14.5 Å². The number of carbonyl (C=O) groups excluding carboxylic acids is 1. The molecule has 0 bridgehead atoms. The Morgan fingerprint density at radius 2 is 1.61 bits per heavy atom. The standard InChI is InChI=1S/C26H25N5O2/c32-26(20-11-12-20)31-15-13-30(14-16-31)24-22-23(19-9-5-2-6-10-19)29-33-25(22)28-21(27-24)17-18-7-3-1-4-8-18/h1-10,20H,11-17H2. The molecule has 7 nitrogen and oxygen atoms in total. The molecule has 0 radical (unpaired) electrons. The van der Waals surface area contributed by atoms with Gasteiger partial charge in [-0.05, 0) is 18.4 Å². The number of nitrogens with zero attached hydrogens (tertiary/aromatic N) is 5. The van der Waals surface area contributed by atoms with Crippen molar-refractivity contribution in [2.24, 2.45) is 5.92 Å². The van der Waals surface area contributed by atoms with Crippen molar-refractivity contribution in [1.29, 1.82) is 0 Å². The minimum absolute atomic E-state index is 0.252. The first-order valence-electron chi connectivity index (χ1n) is 11.6. The molecule has 4 aromatic rings. The van der Waals surface area contributed by atoms with Crippen molar-refractivity contribution >= 4 is 22.8 Å². The van der Waals surface area contributed by atoms with Crippen LogP contribution in [0.1, 0.15) is 24.2 Å². The number of carbonyl (C=O) groups is 1. The maximum atomic E-state index is 12.5. The summed E-state index contributed by atoms with van der Waals surface area (Å²) in [5.41, 5.74) is 3.37. The summed E-state index contributed by atoms with van der Waals surface area (Å²) in [4.78, 5) is 26.5. The van der Waals surface area contributed by atoms with E-state index in [-0.39, 0.29) is 5.92 Å². The van der Waals surface area contributed by atoms with E-state index >= 15 is 0 Å². The van der Waals surface area contributed by atoms with Crippen LogP contribution in [0.25, 0.3) is 22.4 Å². The molecule has 166 valence electrons. The van der Waals surface area contributed by atoms with E-state index in [1.54, 1.807) is 0 Å². The van der Waals surface area contributed by atoms with Crippen molar-refractivity contribution in [3.63, 3.8) is 0 Å². The molecule has 1 aliphatic carbocycles. The quantitative estimate of drug-likeness (QED) is 0.469. The number of benzene rings is 2. The van der Waals surface area contributed by atoms with Crippen molar-refractivity contribution in [2.75, 3.05) is 31.1 Å². The van der Waals surface area contributed by atoms with Crippen LogP contribution in [0.3, 0.4) is 0 Å². The Bertz CT molecular complexity index is 1280. The molecule has 2 aromatic carbocycles. The fraction of sp³-hybridized carbons (Fsp3) is 0.308. The van der Waals surface area contributed by atoms with E-state index < -0.39 is 0 Å². The van der Waals surface area contributed by atoms with Gasteiger partial charge in [0.25, 0.3) is 5.71 Å². The van der Waals surface area contributed by atoms with Gasteiger partial charge >= 0.3 is 0 Å². The van der Waals surface area contributed by atoms with Crippen molar-refractivity contribution in [3.05, 3.63) is 72.1 Å². The van der Waals surface area contributed by atoms with Gasteiger partial charge in [0.2, 0.25) is 5.91 Å². The number of anilines is 1. The molecule has 2 aromatic heterocycles. The largest absolute Gasteiger partial charge is 0.352 e. The Morgan fingerprint density at radius 3 is 2.30 bits per heavy atom. The molecular formula is C26H25N5O2. The van der Waals surface area contributed by atoms with Gasteiger partial charge in [-0.3, -0.25) is 4.79 Å². The third kappa shape index (κ3) is 3.95. The number of piperazine rings is 1. The van der Waals surface area contributed by atoms with Crippen LogP contribution in [0, 0.1) is 5.92 Å². The van der Waals surface area contributed by atoms with Gasteiger partial charge in [0, 0.05) is 44.1 Å². The summed E-state index contributed by atoms with van der Waals surface area (Å²) in [6, 6.07) is 20.2. The second-order valence-corrected chi connectivity index (χ2v) is 8.79. The van der Waals surface area contributed by atoms with Gasteiger partial charge in [0.15, 0.2) is 0 Å². The fourth-order valence-electron chi connectivity index (χ4n) is 4.49. The highest BCUT2D eigenvalue weighted by atomic mass is 16.5. The zero-order chi connectivity index (χ0) is 22.2. The molecule has 33 heavy (non-hydrogen) atoms. The predicted molar refractivity (Wildman–Crippen MR) is 126 cm³/mol. The average molecular weight is 440 g/mol. The van der Waals surface area contributed by atoms with Crippen molar-refractivity contribution in [3.8, 4) is 11.3 Å². The fourth-order valence-corrected chi connectivity index (χ4v) is 4.49. The van der Waals surface area contributed by atoms with E-state index in [0.29, 0.717) is 37.0 Å². The van der Waals surface area contributed by atoms with Gasteiger partial charge in [0.05, 0.1) is 0 Å². The summed E-state index contributed by atoms with van der Waals surface area (Å²) >= 11 is 0. The van der Waals surface area contributed by atoms with Gasteiger partial charge < -0.3 is 14.3 Å². The normalized spacial score (nSPS) is 16.4. The molecular weight excluding hydrogens is 414 g/mol. The number of amides is 1. The third-order valence-electron chi connectivity index (χ3n) is 6.43. The first-order valence-corrected chi connectivity index (χ1v) is 11.6. The molecule has 1 aliphatic heterocycles. The van der Waals surface area contributed by atoms with E-state index in [9.17, 15) is 4.79 Å². The van der Waals surface area contributed by atoms with Crippen LogP contribution in [0.2, 0.25) is 0 Å². The Balaban J connectivity index is 1.38. The highest BCUT2D eigenvalue weighted by Crippen LogP contribution is 2.35. The second kappa shape index (κ2) is 8.31. The molecule has 0 spiro atoms. The molecule has 1 saturated heterocycles. The highest BCUT2D eigenvalue weighted by Gasteiger charge is 2.35. The van der Waals surface area contributed by atoms with E-state index in [1.807, 2.05) is 53.4 Å². The Kier molecular flexibility index (Phi) is 5.02. The molecule has 1 amide bonds. The lowest BCUT2D eigenvalue weighted by Gasteiger charge is -2.35. The summed E-state index contributed by atoms with van der Waals surface area (Å²) < 4.78 is 5.72. The first kappa shape index (κ1) is 19.9. The molecule has 0 unspecified atom stereocenters. The van der Waals surface area contributed by atoms with Gasteiger partial charge in [-0.25, -0.2) is 4.98 Å². The predicted octanol–water partition coefficient (Wildman–Crippen LogP) is 3.93. The monoisotopic (exact) mass is 439 g/mol. The summed E-state index contributed by atoms with van der Waals surface area (Å²) in [5.74, 6) is 2.10. The van der Waals surface area contributed by atoms with Gasteiger partial charge in [-0.15, -0.1) is 0 Å². The molecule has 3 heterocycles. The molecule has 7 heteroatoms. The minimum Gasteiger partial charge on any atom is -0.352 e. The lowest BCUT2D eigenvalue weighted by molar-refractivity contribution is -0.132. The van der Waals surface area contributed by atoms with Crippen LogP contribution < -0.4 is 4.90 Å². The molecule has 2 aliphatic rings. The Hall–Kier alpha value is -3.74. The number of hydrogen-bond donors (Lipinski definition) is 0. The summed E-state index contributed by atoms with van der Waals surface area (Å²) in [7, 11) is 0. The molecule has 0 atom stereocenters. The van der Waals surface area contributed by atoms with Crippen LogP contribution in [0.4, 0.5) is 5.82 Å². The van der Waals surface area contributed by atoms with Crippen LogP contribution >= 0.6 is 0 Å². The SMILES string of the molecule is O=C(C1CC1)N1CCN(c2nc(Cc3ccccc3)nc3onc(-c4ccccc4)c23)CC1. The maximum Gasteiger partial charge on any atom is 0.263 e. The first-order chi connectivity index (χ1) is 16.3. The number of aromatic nitrogens is 3. The topological polar surface area (TPSA) is 75.4 Å². The molecule has 0 N–H and O–H groups in total. The van der Waals surface area contributed by atoms with Crippen molar-refractivity contribution < 1.29 is 9.32 Å². The van der Waals surface area contributed by atoms with Gasteiger partial charge in [-0.2, -0.15) is 4.98 Å². The van der Waals surface area contributed by atoms with Crippen LogP contribution in [0.15, 0.2) is 65.2 Å². The average Bonchev–Trinajstić information content (AvgIpc) is 3.63. The van der Waals surface area contributed by atoms with Crippen LogP contribution in [-0.2, 0) is 11.2 Å². The van der Waals surface area contributed by atoms with Crippen molar-refractivity contribution in [1.82, 2.24) is 20.0 Å². The third-order valence-corrected chi connectivity index (χ3v) is 6.43. The zero-order valence-electron chi connectivity index (χ0n) is 18.4. The summed E-state index contributed by atoms with van der Waals surface area (Å²) in [5, 5.41) is 5.21. The zero-order valence-corrected chi connectivity index (χ0v) is 18.4. The highest BCUT2D eigenvalue weighted by molar-refractivity contribution is 5.98. The van der Waals surface area contributed by atoms with Crippen LogP contribution in [0.5, 0.6) is 0 Å². The number of rotatable bonds is 5. The van der Waals surface area contributed by atoms with Gasteiger partial charge in [0.1, 0.15) is 22.7 Å². The summed E-state index contributed by atoms with van der Waals surface area (Å²) in [6.07, 6.45) is 2.69. The van der Waals surface area contributed by atoms with Crippen LogP contribution in [-0.4, -0.2) is 52.1 Å². The lowest BCUT2D eigenvalue weighted by atomic mass is 10.1. The molecule has 1 saturated carbocycles. The minimum atomic E-state index is 0.252. The van der Waals surface area contributed by atoms with E-state index in [2.05, 4.69) is 22.2 Å². The lowest BCUT2D eigenvalue weighted by Crippen LogP contribution is -2.49. The van der Waals surface area contributed by atoms with Gasteiger partial charge in [-0.1, -0.05) is 65.8 Å².